The molecule has 0 fully saturated rings. The fourth-order valence-corrected chi connectivity index (χ4v) is 3.89. The van der Waals surface area contributed by atoms with E-state index in [4.69, 9.17) is 0 Å². The Morgan fingerprint density at radius 2 is 1.59 bits per heavy atom. The van der Waals surface area contributed by atoms with E-state index in [1.165, 1.54) is 0 Å². The second-order valence-electron chi connectivity index (χ2n) is 8.31. The van der Waals surface area contributed by atoms with Crippen molar-refractivity contribution in [1.29, 1.82) is 0 Å². The van der Waals surface area contributed by atoms with Gasteiger partial charge in [0.15, 0.2) is 0 Å². The van der Waals surface area contributed by atoms with Crippen LogP contribution >= 0.6 is 0 Å². The van der Waals surface area contributed by atoms with Gasteiger partial charge in [0.05, 0.1) is 6.04 Å². The Morgan fingerprint density at radius 1 is 1.00 bits per heavy atom. The minimum absolute atomic E-state index is 0.0152. The third kappa shape index (κ3) is 3.61. The van der Waals surface area contributed by atoms with E-state index >= 15 is 0 Å². The third-order valence-corrected chi connectivity index (χ3v) is 5.11. The van der Waals surface area contributed by atoms with Crippen LogP contribution in [0.5, 0.6) is 0 Å². The maximum atomic E-state index is 13.4. The van der Waals surface area contributed by atoms with E-state index in [0.717, 1.165) is 16.9 Å². The highest BCUT2D eigenvalue weighted by atomic mass is 16.2. The van der Waals surface area contributed by atoms with E-state index < -0.39 is 5.41 Å². The number of anilines is 2. The smallest absolute Gasteiger partial charge is 0.232 e. The van der Waals surface area contributed by atoms with Crippen LogP contribution in [0.25, 0.3) is 0 Å². The molecule has 27 heavy (non-hydrogen) atoms. The summed E-state index contributed by atoms with van der Waals surface area (Å²) in [6, 6.07) is 17.7. The number of carbonyl (C=O) groups excluding carboxylic acids is 2. The van der Waals surface area contributed by atoms with Gasteiger partial charge in [-0.25, -0.2) is 0 Å². The lowest BCUT2D eigenvalue weighted by molar-refractivity contribution is -0.126. The number of rotatable bonds is 2. The zero-order valence-corrected chi connectivity index (χ0v) is 16.8. The van der Waals surface area contributed by atoms with Crippen molar-refractivity contribution in [3.05, 3.63) is 60.2 Å². The summed E-state index contributed by atoms with van der Waals surface area (Å²) >= 11 is 0. The normalized spacial score (nSPS) is 19.4. The Bertz CT molecular complexity index is 839. The van der Waals surface area contributed by atoms with Crippen LogP contribution in [0.2, 0.25) is 0 Å². The van der Waals surface area contributed by atoms with Crippen molar-refractivity contribution in [2.75, 3.05) is 9.80 Å². The lowest BCUT2D eigenvalue weighted by atomic mass is 9.87. The minimum Gasteiger partial charge on any atom is -0.309 e. The Kier molecular flexibility index (Phi) is 5.09. The molecule has 4 heteroatoms. The summed E-state index contributed by atoms with van der Waals surface area (Å²) < 4.78 is 0. The van der Waals surface area contributed by atoms with Crippen molar-refractivity contribution in [2.45, 2.75) is 53.1 Å². The lowest BCUT2D eigenvalue weighted by Crippen LogP contribution is -2.49. The highest BCUT2D eigenvalue weighted by Crippen LogP contribution is 2.43. The van der Waals surface area contributed by atoms with E-state index in [9.17, 15) is 9.59 Å². The molecule has 1 heterocycles. The predicted octanol–water partition coefficient (Wildman–Crippen LogP) is 4.95. The van der Waals surface area contributed by atoms with Gasteiger partial charge in [-0.05, 0) is 37.1 Å². The number of hydrogen-bond acceptors (Lipinski definition) is 2. The van der Waals surface area contributed by atoms with Gasteiger partial charge in [-0.2, -0.15) is 0 Å². The topological polar surface area (TPSA) is 40.6 Å². The molecule has 0 N–H and O–H groups in total. The van der Waals surface area contributed by atoms with Gasteiger partial charge in [-0.15, -0.1) is 0 Å². The van der Waals surface area contributed by atoms with E-state index in [2.05, 4.69) is 6.92 Å². The van der Waals surface area contributed by atoms with Crippen molar-refractivity contribution in [3.8, 4) is 0 Å². The average Bonchev–Trinajstić information content (AvgIpc) is 2.61. The van der Waals surface area contributed by atoms with Crippen molar-refractivity contribution >= 4 is 23.2 Å². The van der Waals surface area contributed by atoms with Crippen molar-refractivity contribution < 1.29 is 9.59 Å². The molecule has 2 amide bonds. The Hall–Kier alpha value is -2.62. The zero-order valence-electron chi connectivity index (χ0n) is 16.8. The summed E-state index contributed by atoms with van der Waals surface area (Å²) in [5, 5.41) is 0. The largest absolute Gasteiger partial charge is 0.309 e. The summed E-state index contributed by atoms with van der Waals surface area (Å²) in [4.78, 5) is 29.5. The molecule has 0 spiro atoms. The zero-order chi connectivity index (χ0) is 19.8. The monoisotopic (exact) mass is 364 g/mol. The summed E-state index contributed by atoms with van der Waals surface area (Å²) in [7, 11) is 0. The van der Waals surface area contributed by atoms with Crippen LogP contribution in [0.3, 0.4) is 0 Å². The number of hydrogen-bond donors (Lipinski definition) is 0. The molecule has 142 valence electrons. The fraction of sp³-hybridized carbons (Fsp3) is 0.391. The molecule has 0 saturated carbocycles. The number of fused-ring (bicyclic) bond motifs is 1. The first-order valence-electron chi connectivity index (χ1n) is 9.49. The Morgan fingerprint density at radius 3 is 2.19 bits per heavy atom. The van der Waals surface area contributed by atoms with Crippen LogP contribution in [0.15, 0.2) is 54.6 Å². The van der Waals surface area contributed by atoms with Gasteiger partial charge in [0.1, 0.15) is 0 Å². The molecular weight excluding hydrogens is 336 g/mol. The van der Waals surface area contributed by atoms with Gasteiger partial charge in [0, 0.05) is 29.8 Å². The highest BCUT2D eigenvalue weighted by molar-refractivity contribution is 5.99. The number of benzene rings is 2. The molecule has 4 nitrogen and oxygen atoms in total. The molecule has 2 atom stereocenters. The summed E-state index contributed by atoms with van der Waals surface area (Å²) in [6.45, 7) is 9.50. The minimum atomic E-state index is -0.508. The fourth-order valence-electron chi connectivity index (χ4n) is 3.89. The van der Waals surface area contributed by atoms with Crippen molar-refractivity contribution in [2.24, 2.45) is 5.41 Å². The van der Waals surface area contributed by atoms with E-state index in [1.807, 2.05) is 85.2 Å². The van der Waals surface area contributed by atoms with Crippen molar-refractivity contribution in [3.63, 3.8) is 0 Å². The molecule has 2 aromatic rings. The maximum Gasteiger partial charge on any atom is 0.232 e. The third-order valence-electron chi connectivity index (χ3n) is 5.11. The molecule has 1 aliphatic rings. The Labute approximate surface area is 161 Å². The van der Waals surface area contributed by atoms with Gasteiger partial charge >= 0.3 is 0 Å². The Balaban J connectivity index is 2.16. The number of amides is 2. The molecule has 1 aliphatic heterocycles. The van der Waals surface area contributed by atoms with Gasteiger partial charge < -0.3 is 9.80 Å². The standard InChI is InChI=1S/C23H28N2O2/c1-16-15-21(19-13-9-10-14-20(19)24(16)17(2)26)25(22(27)23(3,4)5)18-11-7-6-8-12-18/h6-14,16,21H,15H2,1-5H3. The second kappa shape index (κ2) is 7.18. The first-order valence-corrected chi connectivity index (χ1v) is 9.49. The van der Waals surface area contributed by atoms with Crippen LogP contribution < -0.4 is 9.80 Å². The molecule has 0 bridgehead atoms. The number of para-hydroxylation sites is 2. The van der Waals surface area contributed by atoms with Crippen LogP contribution in [0, 0.1) is 5.41 Å². The second-order valence-corrected chi connectivity index (χ2v) is 8.31. The highest BCUT2D eigenvalue weighted by Gasteiger charge is 2.40. The van der Waals surface area contributed by atoms with E-state index in [1.54, 1.807) is 6.92 Å². The number of nitrogens with zero attached hydrogens (tertiary/aromatic N) is 2. The van der Waals surface area contributed by atoms with Gasteiger partial charge in [-0.3, -0.25) is 9.59 Å². The van der Waals surface area contributed by atoms with Crippen molar-refractivity contribution in [1.82, 2.24) is 0 Å². The molecular formula is C23H28N2O2. The lowest BCUT2D eigenvalue weighted by Gasteiger charge is -2.44. The van der Waals surface area contributed by atoms with Crippen LogP contribution in [0.1, 0.15) is 52.6 Å². The molecule has 0 aromatic heterocycles. The van der Waals surface area contributed by atoms with E-state index in [-0.39, 0.29) is 23.9 Å². The molecule has 2 aromatic carbocycles. The van der Waals surface area contributed by atoms with E-state index in [0.29, 0.717) is 6.42 Å². The predicted molar refractivity (Wildman–Crippen MR) is 110 cm³/mol. The van der Waals surface area contributed by atoms with Gasteiger partial charge in [0.25, 0.3) is 0 Å². The SMILES string of the molecule is CC(=O)N1c2ccccc2C(N(C(=O)C(C)(C)C)c2ccccc2)CC1C. The summed E-state index contributed by atoms with van der Waals surface area (Å²) in [5.41, 5.74) is 2.30. The first kappa shape index (κ1) is 19.2. The van der Waals surface area contributed by atoms with Crippen LogP contribution in [-0.2, 0) is 9.59 Å². The molecule has 0 saturated heterocycles. The molecule has 3 rings (SSSR count). The summed E-state index contributed by atoms with van der Waals surface area (Å²) in [5.74, 6) is 0.110. The quantitative estimate of drug-likeness (QED) is 0.756. The van der Waals surface area contributed by atoms with Crippen LogP contribution in [0.4, 0.5) is 11.4 Å². The maximum absolute atomic E-state index is 13.4. The molecule has 0 radical (unpaired) electrons. The molecule has 0 aliphatic carbocycles. The van der Waals surface area contributed by atoms with Crippen LogP contribution in [-0.4, -0.2) is 17.9 Å². The summed E-state index contributed by atoms with van der Waals surface area (Å²) in [6.07, 6.45) is 0.702. The average molecular weight is 364 g/mol. The number of carbonyl (C=O) groups is 2. The van der Waals surface area contributed by atoms with Gasteiger partial charge in [0.2, 0.25) is 11.8 Å². The molecule has 2 unspecified atom stereocenters. The first-order chi connectivity index (χ1) is 12.7. The van der Waals surface area contributed by atoms with Gasteiger partial charge in [-0.1, -0.05) is 57.2 Å².